The number of aryl methyl sites for hydroxylation is 1. The fraction of sp³-hybridized carbons (Fsp3) is 0.167. The molecule has 0 saturated heterocycles. The molecule has 2 rings (SSSR count). The van der Waals surface area contributed by atoms with Crippen LogP contribution in [0.15, 0.2) is 30.6 Å². The van der Waals surface area contributed by atoms with E-state index in [4.69, 9.17) is 5.11 Å². The molecular weight excluding hydrogens is 264 g/mol. The van der Waals surface area contributed by atoms with E-state index >= 15 is 0 Å². The number of hydrogen-bond acceptors (Lipinski definition) is 5. The van der Waals surface area contributed by atoms with E-state index in [0.29, 0.717) is 12.2 Å². The Balaban J connectivity index is 2.39. The van der Waals surface area contributed by atoms with Crippen molar-refractivity contribution >= 4 is 23.0 Å². The summed E-state index contributed by atoms with van der Waals surface area (Å²) in [4.78, 5) is 21.3. The van der Waals surface area contributed by atoms with E-state index in [9.17, 15) is 14.9 Å². The van der Waals surface area contributed by atoms with Crippen molar-refractivity contribution in [2.75, 3.05) is 5.32 Å². The molecule has 8 heteroatoms. The lowest BCUT2D eigenvalue weighted by molar-refractivity contribution is -0.384. The molecule has 1 aromatic heterocycles. The quantitative estimate of drug-likeness (QED) is 0.640. The van der Waals surface area contributed by atoms with E-state index in [1.165, 1.54) is 18.3 Å². The molecule has 8 nitrogen and oxygen atoms in total. The summed E-state index contributed by atoms with van der Waals surface area (Å²) in [5, 5.41) is 26.7. The van der Waals surface area contributed by atoms with Crippen LogP contribution in [0.5, 0.6) is 0 Å². The molecule has 104 valence electrons. The molecule has 1 aromatic carbocycles. The van der Waals surface area contributed by atoms with Crippen LogP contribution in [0.2, 0.25) is 0 Å². The third-order valence-corrected chi connectivity index (χ3v) is 2.68. The number of carbonyl (C=O) groups is 1. The predicted octanol–water partition coefficient (Wildman–Crippen LogP) is 2.25. The number of aromatic nitrogens is 2. The van der Waals surface area contributed by atoms with Gasteiger partial charge in [-0.05, 0) is 13.0 Å². The zero-order chi connectivity index (χ0) is 14.7. The number of carboxylic acids is 1. The van der Waals surface area contributed by atoms with Crippen molar-refractivity contribution in [1.29, 1.82) is 0 Å². The summed E-state index contributed by atoms with van der Waals surface area (Å²) >= 11 is 0. The van der Waals surface area contributed by atoms with Gasteiger partial charge in [-0.3, -0.25) is 14.8 Å². The van der Waals surface area contributed by atoms with Crippen molar-refractivity contribution in [1.82, 2.24) is 9.78 Å². The SMILES string of the molecule is CCn1cc(Nc2cc([N+](=O)[O-])ccc2C(=O)O)cn1. The van der Waals surface area contributed by atoms with Crippen molar-refractivity contribution in [2.24, 2.45) is 0 Å². The minimum absolute atomic E-state index is 0.0418. The number of rotatable bonds is 5. The lowest BCUT2D eigenvalue weighted by Crippen LogP contribution is -2.03. The smallest absolute Gasteiger partial charge is 0.337 e. The van der Waals surface area contributed by atoms with E-state index in [2.05, 4.69) is 10.4 Å². The van der Waals surface area contributed by atoms with Gasteiger partial charge >= 0.3 is 5.97 Å². The Bertz CT molecular complexity index is 665. The van der Waals surface area contributed by atoms with Crippen molar-refractivity contribution in [2.45, 2.75) is 13.5 Å². The van der Waals surface area contributed by atoms with Crippen LogP contribution < -0.4 is 5.32 Å². The molecule has 0 aliphatic rings. The van der Waals surface area contributed by atoms with E-state index in [-0.39, 0.29) is 16.9 Å². The van der Waals surface area contributed by atoms with Crippen LogP contribution in [0.1, 0.15) is 17.3 Å². The molecule has 0 atom stereocenters. The van der Waals surface area contributed by atoms with Gasteiger partial charge in [0.15, 0.2) is 0 Å². The van der Waals surface area contributed by atoms with Gasteiger partial charge in [0.2, 0.25) is 0 Å². The monoisotopic (exact) mass is 276 g/mol. The normalized spacial score (nSPS) is 10.2. The van der Waals surface area contributed by atoms with Gasteiger partial charge in [0.25, 0.3) is 5.69 Å². The standard InChI is InChI=1S/C12H12N4O4/c1-2-15-7-8(6-13-15)14-11-5-9(16(19)20)3-4-10(11)12(17)18/h3-7,14H,2H2,1H3,(H,17,18). The van der Waals surface area contributed by atoms with Crippen molar-refractivity contribution in [3.63, 3.8) is 0 Å². The number of benzene rings is 1. The molecule has 0 aliphatic carbocycles. The van der Waals surface area contributed by atoms with Gasteiger partial charge in [-0.15, -0.1) is 0 Å². The first-order valence-corrected chi connectivity index (χ1v) is 5.82. The third kappa shape index (κ3) is 2.74. The third-order valence-electron chi connectivity index (χ3n) is 2.68. The van der Waals surface area contributed by atoms with Gasteiger partial charge in [-0.2, -0.15) is 5.10 Å². The topological polar surface area (TPSA) is 110 Å². The molecule has 0 spiro atoms. The Kier molecular flexibility index (Phi) is 3.65. The lowest BCUT2D eigenvalue weighted by atomic mass is 10.1. The number of hydrogen-bond donors (Lipinski definition) is 2. The maximum atomic E-state index is 11.1. The second-order valence-corrected chi connectivity index (χ2v) is 4.00. The van der Waals surface area contributed by atoms with Crippen LogP contribution in [0.25, 0.3) is 0 Å². The van der Waals surface area contributed by atoms with Crippen LogP contribution in [0.4, 0.5) is 17.1 Å². The highest BCUT2D eigenvalue weighted by molar-refractivity contribution is 5.95. The minimum atomic E-state index is -1.16. The number of carboxylic acid groups (broad SMARTS) is 1. The molecule has 2 aromatic rings. The number of nitrogens with zero attached hydrogens (tertiary/aromatic N) is 3. The maximum Gasteiger partial charge on any atom is 0.337 e. The van der Waals surface area contributed by atoms with Gasteiger partial charge < -0.3 is 10.4 Å². The summed E-state index contributed by atoms with van der Waals surface area (Å²) in [7, 11) is 0. The van der Waals surface area contributed by atoms with Gasteiger partial charge in [0.1, 0.15) is 0 Å². The minimum Gasteiger partial charge on any atom is -0.478 e. The molecular formula is C12H12N4O4. The lowest BCUT2D eigenvalue weighted by Gasteiger charge is -2.07. The van der Waals surface area contributed by atoms with E-state index in [1.807, 2.05) is 6.92 Å². The Hall–Kier alpha value is -2.90. The highest BCUT2D eigenvalue weighted by Crippen LogP contribution is 2.25. The van der Waals surface area contributed by atoms with E-state index in [1.54, 1.807) is 10.9 Å². The van der Waals surface area contributed by atoms with Crippen LogP contribution in [0.3, 0.4) is 0 Å². The average Bonchev–Trinajstić information content (AvgIpc) is 2.86. The summed E-state index contributed by atoms with van der Waals surface area (Å²) in [6.07, 6.45) is 3.21. The zero-order valence-electron chi connectivity index (χ0n) is 10.6. The van der Waals surface area contributed by atoms with Gasteiger partial charge in [-0.1, -0.05) is 0 Å². The highest BCUT2D eigenvalue weighted by atomic mass is 16.6. The summed E-state index contributed by atoms with van der Waals surface area (Å²) < 4.78 is 1.65. The molecule has 20 heavy (non-hydrogen) atoms. The molecule has 2 N–H and O–H groups in total. The summed E-state index contributed by atoms with van der Waals surface area (Å²) in [6, 6.07) is 3.55. The van der Waals surface area contributed by atoms with E-state index in [0.717, 1.165) is 6.07 Å². The number of non-ortho nitro benzene ring substituents is 1. The first-order valence-electron chi connectivity index (χ1n) is 5.82. The fourth-order valence-corrected chi connectivity index (χ4v) is 1.69. The molecule has 1 heterocycles. The zero-order valence-corrected chi connectivity index (χ0v) is 10.6. The summed E-state index contributed by atoms with van der Waals surface area (Å²) in [6.45, 7) is 2.58. The van der Waals surface area contributed by atoms with Crippen molar-refractivity contribution < 1.29 is 14.8 Å². The number of nitro benzene ring substituents is 1. The van der Waals surface area contributed by atoms with Gasteiger partial charge in [0.05, 0.1) is 28.1 Å². The Morgan fingerprint density at radius 3 is 2.85 bits per heavy atom. The maximum absolute atomic E-state index is 11.1. The van der Waals surface area contributed by atoms with Crippen LogP contribution in [0, 0.1) is 10.1 Å². The predicted molar refractivity (Wildman–Crippen MR) is 71.2 cm³/mol. The Labute approximate surface area is 113 Å². The average molecular weight is 276 g/mol. The number of nitrogens with one attached hydrogen (secondary N) is 1. The number of aromatic carboxylic acids is 1. The molecule has 0 aliphatic heterocycles. The summed E-state index contributed by atoms with van der Waals surface area (Å²) in [5.74, 6) is -1.16. The first-order chi connectivity index (χ1) is 9.51. The number of nitro groups is 1. The van der Waals surface area contributed by atoms with Gasteiger partial charge in [-0.25, -0.2) is 4.79 Å². The number of anilines is 2. The molecule has 0 amide bonds. The largest absolute Gasteiger partial charge is 0.478 e. The first kappa shape index (κ1) is 13.5. The van der Waals surface area contributed by atoms with Crippen molar-refractivity contribution in [3.05, 3.63) is 46.3 Å². The summed E-state index contributed by atoms with van der Waals surface area (Å²) in [5.41, 5.74) is 0.498. The van der Waals surface area contributed by atoms with E-state index < -0.39 is 10.9 Å². The second-order valence-electron chi connectivity index (χ2n) is 4.00. The second kappa shape index (κ2) is 5.39. The van der Waals surface area contributed by atoms with Crippen molar-refractivity contribution in [3.8, 4) is 0 Å². The molecule has 0 saturated carbocycles. The van der Waals surface area contributed by atoms with Gasteiger partial charge in [0, 0.05) is 24.9 Å². The highest BCUT2D eigenvalue weighted by Gasteiger charge is 2.15. The fourth-order valence-electron chi connectivity index (χ4n) is 1.69. The molecule has 0 fully saturated rings. The Morgan fingerprint density at radius 1 is 1.55 bits per heavy atom. The van der Waals surface area contributed by atoms with Crippen LogP contribution in [-0.4, -0.2) is 25.8 Å². The molecule has 0 unspecified atom stereocenters. The van der Waals surface area contributed by atoms with Crippen LogP contribution >= 0.6 is 0 Å². The molecule has 0 radical (unpaired) electrons. The van der Waals surface area contributed by atoms with Crippen LogP contribution in [-0.2, 0) is 6.54 Å². The Morgan fingerprint density at radius 2 is 2.30 bits per heavy atom. The molecule has 0 bridgehead atoms.